The van der Waals surface area contributed by atoms with Crippen molar-refractivity contribution in [2.75, 3.05) is 5.73 Å². The third-order valence-electron chi connectivity index (χ3n) is 1.97. The van der Waals surface area contributed by atoms with E-state index in [0.29, 0.717) is 5.69 Å². The fourth-order valence-electron chi connectivity index (χ4n) is 1.34. The zero-order valence-corrected chi connectivity index (χ0v) is 9.32. The Kier molecular flexibility index (Phi) is 2.29. The molecule has 3 nitrogen and oxygen atoms in total. The van der Waals surface area contributed by atoms with E-state index >= 15 is 0 Å². The van der Waals surface area contributed by atoms with E-state index in [4.69, 9.17) is 5.73 Å². The third kappa shape index (κ3) is 1.65. The minimum atomic E-state index is 0.704. The monoisotopic (exact) mass is 251 g/mol. The number of hydrogen-bond acceptors (Lipinski definition) is 2. The Hall–Kier alpha value is -1.29. The van der Waals surface area contributed by atoms with Crippen LogP contribution < -0.4 is 5.73 Å². The number of benzene rings is 1. The van der Waals surface area contributed by atoms with Crippen molar-refractivity contribution in [3.8, 4) is 11.3 Å². The standard InChI is InChI=1S/C10H10BrN3/c1-14-6-9(12)10(13-14)7-2-4-8(11)5-3-7/h2-6H,12H2,1H3. The van der Waals surface area contributed by atoms with Crippen molar-refractivity contribution < 1.29 is 0 Å². The zero-order valence-electron chi connectivity index (χ0n) is 7.74. The molecule has 0 saturated heterocycles. The van der Waals surface area contributed by atoms with E-state index in [1.165, 1.54) is 0 Å². The van der Waals surface area contributed by atoms with E-state index in [2.05, 4.69) is 21.0 Å². The van der Waals surface area contributed by atoms with E-state index in [0.717, 1.165) is 15.7 Å². The molecule has 0 aliphatic carbocycles. The lowest BCUT2D eigenvalue weighted by atomic mass is 10.1. The molecule has 0 saturated carbocycles. The quantitative estimate of drug-likeness (QED) is 0.847. The highest BCUT2D eigenvalue weighted by molar-refractivity contribution is 9.10. The van der Waals surface area contributed by atoms with Gasteiger partial charge in [0.15, 0.2) is 0 Å². The second-order valence-electron chi connectivity index (χ2n) is 3.11. The molecule has 0 spiro atoms. The normalized spacial score (nSPS) is 10.4. The van der Waals surface area contributed by atoms with Gasteiger partial charge in [-0.15, -0.1) is 0 Å². The molecule has 2 rings (SSSR count). The summed E-state index contributed by atoms with van der Waals surface area (Å²) in [4.78, 5) is 0. The number of anilines is 1. The van der Waals surface area contributed by atoms with Crippen LogP contribution in [-0.2, 0) is 7.05 Å². The molecule has 0 bridgehead atoms. The Labute approximate surface area is 90.7 Å². The highest BCUT2D eigenvalue weighted by Gasteiger charge is 2.06. The molecule has 0 aliphatic heterocycles. The van der Waals surface area contributed by atoms with E-state index in [1.54, 1.807) is 10.9 Å². The summed E-state index contributed by atoms with van der Waals surface area (Å²) in [6.45, 7) is 0. The predicted octanol–water partition coefficient (Wildman–Crippen LogP) is 2.43. The highest BCUT2D eigenvalue weighted by Crippen LogP contribution is 2.24. The SMILES string of the molecule is Cn1cc(N)c(-c2ccc(Br)cc2)n1. The second-order valence-corrected chi connectivity index (χ2v) is 4.03. The first-order valence-electron chi connectivity index (χ1n) is 4.22. The lowest BCUT2D eigenvalue weighted by Crippen LogP contribution is -1.88. The van der Waals surface area contributed by atoms with Gasteiger partial charge < -0.3 is 5.73 Å². The number of nitrogens with two attached hydrogens (primary N) is 1. The molecule has 1 heterocycles. The Morgan fingerprint density at radius 3 is 2.43 bits per heavy atom. The van der Waals surface area contributed by atoms with Crippen molar-refractivity contribution in [1.29, 1.82) is 0 Å². The predicted molar refractivity (Wildman–Crippen MR) is 60.8 cm³/mol. The maximum atomic E-state index is 5.82. The summed E-state index contributed by atoms with van der Waals surface area (Å²) in [6, 6.07) is 7.93. The Bertz CT molecular complexity index is 445. The molecule has 0 atom stereocenters. The lowest BCUT2D eigenvalue weighted by molar-refractivity contribution is 0.771. The van der Waals surface area contributed by atoms with Crippen molar-refractivity contribution in [2.24, 2.45) is 7.05 Å². The van der Waals surface area contributed by atoms with Crippen molar-refractivity contribution in [3.05, 3.63) is 34.9 Å². The molecule has 72 valence electrons. The molecule has 4 heteroatoms. The van der Waals surface area contributed by atoms with Gasteiger partial charge >= 0.3 is 0 Å². The summed E-state index contributed by atoms with van der Waals surface area (Å²) in [5.41, 5.74) is 8.39. The Morgan fingerprint density at radius 1 is 1.29 bits per heavy atom. The number of nitrogens with zero attached hydrogens (tertiary/aromatic N) is 2. The van der Waals surface area contributed by atoms with Crippen LogP contribution in [0.1, 0.15) is 0 Å². The van der Waals surface area contributed by atoms with E-state index < -0.39 is 0 Å². The third-order valence-corrected chi connectivity index (χ3v) is 2.50. The fourth-order valence-corrected chi connectivity index (χ4v) is 1.60. The zero-order chi connectivity index (χ0) is 10.1. The van der Waals surface area contributed by atoms with Crippen LogP contribution in [0, 0.1) is 0 Å². The molecule has 0 fully saturated rings. The van der Waals surface area contributed by atoms with Crippen LogP contribution in [0.4, 0.5) is 5.69 Å². The summed E-state index contributed by atoms with van der Waals surface area (Å²) in [7, 11) is 1.86. The van der Waals surface area contributed by atoms with Gasteiger partial charge in [0.2, 0.25) is 0 Å². The maximum absolute atomic E-state index is 5.82. The summed E-state index contributed by atoms with van der Waals surface area (Å²) >= 11 is 3.38. The molecule has 1 aromatic heterocycles. The van der Waals surface area contributed by atoms with Gasteiger partial charge in [0.1, 0.15) is 5.69 Å². The van der Waals surface area contributed by atoms with Crippen molar-refractivity contribution in [1.82, 2.24) is 9.78 Å². The Morgan fingerprint density at radius 2 is 1.93 bits per heavy atom. The van der Waals surface area contributed by atoms with Crippen LogP contribution in [0.15, 0.2) is 34.9 Å². The van der Waals surface area contributed by atoms with E-state index in [1.807, 2.05) is 31.3 Å². The van der Waals surface area contributed by atoms with Gasteiger partial charge in [-0.2, -0.15) is 5.10 Å². The molecular weight excluding hydrogens is 242 g/mol. The number of hydrogen-bond donors (Lipinski definition) is 1. The number of aromatic nitrogens is 2. The number of nitrogen functional groups attached to an aromatic ring is 1. The fraction of sp³-hybridized carbons (Fsp3) is 0.100. The summed E-state index contributed by atoms with van der Waals surface area (Å²) in [6.07, 6.45) is 1.80. The van der Waals surface area contributed by atoms with Gasteiger partial charge in [-0.1, -0.05) is 28.1 Å². The number of halogens is 1. The first-order valence-corrected chi connectivity index (χ1v) is 5.01. The van der Waals surface area contributed by atoms with Crippen molar-refractivity contribution in [3.63, 3.8) is 0 Å². The van der Waals surface area contributed by atoms with Gasteiger partial charge in [0.05, 0.1) is 5.69 Å². The molecule has 2 aromatic rings. The number of rotatable bonds is 1. The molecule has 0 radical (unpaired) electrons. The molecule has 0 amide bonds. The van der Waals surface area contributed by atoms with E-state index in [9.17, 15) is 0 Å². The van der Waals surface area contributed by atoms with Gasteiger partial charge in [0.25, 0.3) is 0 Å². The van der Waals surface area contributed by atoms with Gasteiger partial charge in [0, 0.05) is 23.3 Å². The topological polar surface area (TPSA) is 43.8 Å². The molecule has 0 aliphatic rings. The molecule has 2 N–H and O–H groups in total. The summed E-state index contributed by atoms with van der Waals surface area (Å²) in [5, 5.41) is 4.29. The van der Waals surface area contributed by atoms with E-state index in [-0.39, 0.29) is 0 Å². The van der Waals surface area contributed by atoms with Crippen LogP contribution >= 0.6 is 15.9 Å². The van der Waals surface area contributed by atoms with Crippen LogP contribution in [0.3, 0.4) is 0 Å². The summed E-state index contributed by atoms with van der Waals surface area (Å²) < 4.78 is 2.77. The van der Waals surface area contributed by atoms with Crippen LogP contribution in [0.5, 0.6) is 0 Å². The molecular formula is C10H10BrN3. The largest absolute Gasteiger partial charge is 0.396 e. The van der Waals surface area contributed by atoms with Crippen LogP contribution in [0.25, 0.3) is 11.3 Å². The van der Waals surface area contributed by atoms with Gasteiger partial charge in [-0.25, -0.2) is 0 Å². The van der Waals surface area contributed by atoms with Crippen LogP contribution in [0.2, 0.25) is 0 Å². The van der Waals surface area contributed by atoms with Crippen molar-refractivity contribution >= 4 is 21.6 Å². The average molecular weight is 252 g/mol. The van der Waals surface area contributed by atoms with Crippen molar-refractivity contribution in [2.45, 2.75) is 0 Å². The smallest absolute Gasteiger partial charge is 0.115 e. The number of aryl methyl sites for hydroxylation is 1. The van der Waals surface area contributed by atoms with Crippen LogP contribution in [-0.4, -0.2) is 9.78 Å². The first-order chi connectivity index (χ1) is 6.66. The maximum Gasteiger partial charge on any atom is 0.115 e. The summed E-state index contributed by atoms with van der Waals surface area (Å²) in [5.74, 6) is 0. The minimum Gasteiger partial charge on any atom is -0.396 e. The van der Waals surface area contributed by atoms with Gasteiger partial charge in [-0.3, -0.25) is 4.68 Å². The minimum absolute atomic E-state index is 0.704. The molecule has 0 unspecified atom stereocenters. The molecule has 14 heavy (non-hydrogen) atoms. The molecule has 1 aromatic carbocycles. The second kappa shape index (κ2) is 3.46. The van der Waals surface area contributed by atoms with Gasteiger partial charge in [-0.05, 0) is 12.1 Å². The first kappa shape index (κ1) is 9.27. The lowest BCUT2D eigenvalue weighted by Gasteiger charge is -1.97. The average Bonchev–Trinajstić information content (AvgIpc) is 2.47. The Balaban J connectivity index is 2.49. The highest BCUT2D eigenvalue weighted by atomic mass is 79.9.